The van der Waals surface area contributed by atoms with Gasteiger partial charge in [-0.3, -0.25) is 9.63 Å². The van der Waals surface area contributed by atoms with E-state index in [4.69, 9.17) is 14.0 Å². The highest BCUT2D eigenvalue weighted by atomic mass is 16.7. The molecule has 5 nitrogen and oxygen atoms in total. The lowest BCUT2D eigenvalue weighted by molar-refractivity contribution is -0.195. The summed E-state index contributed by atoms with van der Waals surface area (Å²) in [5.74, 6) is -0.193. The molecule has 1 aliphatic rings. The highest BCUT2D eigenvalue weighted by molar-refractivity contribution is 5.84. The van der Waals surface area contributed by atoms with Gasteiger partial charge in [-0.1, -0.05) is 0 Å². The van der Waals surface area contributed by atoms with Crippen LogP contribution in [0.1, 0.15) is 18.1 Å². The van der Waals surface area contributed by atoms with Gasteiger partial charge in [0.2, 0.25) is 0 Å². The highest BCUT2D eigenvalue weighted by Gasteiger charge is 2.41. The molecule has 1 atom stereocenters. The molecule has 0 radical (unpaired) electrons. The molecule has 0 aromatic carbocycles. The van der Waals surface area contributed by atoms with E-state index in [2.05, 4.69) is 0 Å². The number of hydrogen-bond acceptors (Lipinski definition) is 4. The summed E-state index contributed by atoms with van der Waals surface area (Å²) in [6.45, 7) is 2.16. The third-order valence-electron chi connectivity index (χ3n) is 2.92. The molecule has 1 amide bonds. The van der Waals surface area contributed by atoms with E-state index in [1.165, 1.54) is 12.2 Å². The first-order valence-electron chi connectivity index (χ1n) is 5.07. The second kappa shape index (κ2) is 3.92. The second-order valence-electron chi connectivity index (χ2n) is 4.10. The van der Waals surface area contributed by atoms with E-state index in [1.54, 1.807) is 26.5 Å². The molecule has 1 aliphatic heterocycles. The fraction of sp³-hybridized carbons (Fsp3) is 0.545. The van der Waals surface area contributed by atoms with Crippen LogP contribution < -0.4 is 0 Å². The average molecular weight is 225 g/mol. The maximum absolute atomic E-state index is 12.0. The summed E-state index contributed by atoms with van der Waals surface area (Å²) in [4.78, 5) is 16.9. The largest absolute Gasteiger partial charge is 0.472 e. The third-order valence-corrected chi connectivity index (χ3v) is 2.92. The van der Waals surface area contributed by atoms with Crippen LogP contribution in [-0.4, -0.2) is 30.7 Å². The maximum Gasteiger partial charge on any atom is 0.278 e. The summed E-state index contributed by atoms with van der Waals surface area (Å²) in [6, 6.07) is 0. The number of carbonyl (C=O) groups is 1. The lowest BCUT2D eigenvalue weighted by atomic mass is 9.92. The molecule has 0 saturated carbocycles. The zero-order valence-corrected chi connectivity index (χ0v) is 9.65. The van der Waals surface area contributed by atoms with Crippen LogP contribution in [0.3, 0.4) is 0 Å². The Morgan fingerprint density at radius 2 is 2.19 bits per heavy atom. The number of rotatable bonds is 2. The monoisotopic (exact) mass is 225 g/mol. The molecule has 1 unspecified atom stereocenters. The zero-order chi connectivity index (χ0) is 11.8. The summed E-state index contributed by atoms with van der Waals surface area (Å²) in [5, 5.41) is 1.19. The second-order valence-corrected chi connectivity index (χ2v) is 4.10. The number of carbonyl (C=O) groups excluding carboxylic acids is 1. The Labute approximate surface area is 93.9 Å². The molecule has 0 N–H and O–H groups in total. The van der Waals surface area contributed by atoms with Crippen molar-refractivity contribution in [2.24, 2.45) is 0 Å². The summed E-state index contributed by atoms with van der Waals surface area (Å²) >= 11 is 0. The maximum atomic E-state index is 12.0. The minimum atomic E-state index is -0.873. The molecule has 16 heavy (non-hydrogen) atoms. The minimum Gasteiger partial charge on any atom is -0.472 e. The Balaban J connectivity index is 2.20. The van der Waals surface area contributed by atoms with Crippen LogP contribution in [0.15, 0.2) is 16.9 Å². The van der Waals surface area contributed by atoms with Crippen LogP contribution in [0.5, 0.6) is 0 Å². The van der Waals surface area contributed by atoms with Gasteiger partial charge in [-0.15, -0.1) is 0 Å². The summed E-state index contributed by atoms with van der Waals surface area (Å²) in [7, 11) is 3.02. The lowest BCUT2D eigenvalue weighted by Gasteiger charge is -2.34. The molecule has 2 rings (SSSR count). The number of nitrogens with zero attached hydrogens (tertiary/aromatic N) is 1. The lowest BCUT2D eigenvalue weighted by Crippen LogP contribution is -2.50. The Hall–Kier alpha value is -1.33. The number of ether oxygens (including phenoxy) is 1. The number of fused-ring (bicyclic) bond motifs is 1. The topological polar surface area (TPSA) is 51.9 Å². The van der Waals surface area contributed by atoms with Crippen molar-refractivity contribution in [2.75, 3.05) is 14.2 Å². The number of likely N-dealkylation sites (N-methyl/N-ethyl adjacent to an activating group) is 1. The van der Waals surface area contributed by atoms with Crippen molar-refractivity contribution in [3.63, 3.8) is 0 Å². The van der Waals surface area contributed by atoms with Gasteiger partial charge in [-0.25, -0.2) is 5.06 Å². The van der Waals surface area contributed by atoms with E-state index in [9.17, 15) is 4.79 Å². The Bertz CT molecular complexity index is 400. The van der Waals surface area contributed by atoms with Crippen molar-refractivity contribution in [1.82, 2.24) is 5.06 Å². The van der Waals surface area contributed by atoms with Gasteiger partial charge < -0.3 is 9.15 Å². The smallest absolute Gasteiger partial charge is 0.278 e. The van der Waals surface area contributed by atoms with E-state index in [1.807, 2.05) is 0 Å². The number of hydroxylamine groups is 2. The van der Waals surface area contributed by atoms with Gasteiger partial charge in [-0.05, 0) is 12.5 Å². The van der Waals surface area contributed by atoms with Crippen molar-refractivity contribution in [2.45, 2.75) is 25.6 Å². The summed E-state index contributed by atoms with van der Waals surface area (Å²) in [6.07, 6.45) is 3.82. The average Bonchev–Trinajstić information content (AvgIpc) is 2.73. The highest BCUT2D eigenvalue weighted by Crippen LogP contribution is 2.30. The normalized spacial score (nSPS) is 23.9. The van der Waals surface area contributed by atoms with Gasteiger partial charge in [0.05, 0.1) is 26.2 Å². The number of furan rings is 1. The van der Waals surface area contributed by atoms with Crippen LogP contribution in [0.4, 0.5) is 0 Å². The molecule has 0 fully saturated rings. The standard InChI is InChI=1S/C11H15NO4/c1-11(10(13)12(2)14-3)4-8-5-15-6-9(8)7-16-11/h5-6H,4,7H2,1-3H3. The van der Waals surface area contributed by atoms with Gasteiger partial charge in [0, 0.05) is 19.0 Å². The van der Waals surface area contributed by atoms with Gasteiger partial charge in [-0.2, -0.15) is 0 Å². The first kappa shape index (κ1) is 11.2. The predicted octanol–water partition coefficient (Wildman–Crippen LogP) is 1.13. The molecule has 0 spiro atoms. The van der Waals surface area contributed by atoms with Crippen molar-refractivity contribution in [3.05, 3.63) is 23.7 Å². The van der Waals surface area contributed by atoms with Crippen molar-refractivity contribution < 1.29 is 18.8 Å². The fourth-order valence-electron chi connectivity index (χ4n) is 1.84. The van der Waals surface area contributed by atoms with Crippen molar-refractivity contribution in [1.29, 1.82) is 0 Å². The molecule has 1 aromatic rings. The van der Waals surface area contributed by atoms with Crippen LogP contribution in [0.25, 0.3) is 0 Å². The third kappa shape index (κ3) is 1.72. The minimum absolute atomic E-state index is 0.193. The first-order valence-corrected chi connectivity index (χ1v) is 5.07. The molecule has 0 bridgehead atoms. The van der Waals surface area contributed by atoms with Crippen molar-refractivity contribution >= 4 is 5.91 Å². The molecule has 2 heterocycles. The van der Waals surface area contributed by atoms with E-state index in [-0.39, 0.29) is 5.91 Å². The van der Waals surface area contributed by atoms with Crippen LogP contribution in [0.2, 0.25) is 0 Å². The van der Waals surface area contributed by atoms with E-state index < -0.39 is 5.60 Å². The molecule has 0 aliphatic carbocycles. The van der Waals surface area contributed by atoms with Gasteiger partial charge >= 0.3 is 0 Å². The van der Waals surface area contributed by atoms with E-state index in [0.29, 0.717) is 13.0 Å². The molecular formula is C11H15NO4. The van der Waals surface area contributed by atoms with E-state index >= 15 is 0 Å². The summed E-state index contributed by atoms with van der Waals surface area (Å²) < 4.78 is 10.7. The van der Waals surface area contributed by atoms with Gasteiger partial charge in [0.25, 0.3) is 5.91 Å². The van der Waals surface area contributed by atoms with E-state index in [0.717, 1.165) is 11.1 Å². The zero-order valence-electron chi connectivity index (χ0n) is 9.65. The first-order chi connectivity index (χ1) is 7.57. The van der Waals surface area contributed by atoms with Crippen LogP contribution >= 0.6 is 0 Å². The Kier molecular flexibility index (Phi) is 2.73. The summed E-state index contributed by atoms with van der Waals surface area (Å²) in [5.41, 5.74) is 1.15. The van der Waals surface area contributed by atoms with Gasteiger partial charge in [0.15, 0.2) is 5.60 Å². The molecule has 88 valence electrons. The number of hydrogen-bond donors (Lipinski definition) is 0. The molecule has 1 aromatic heterocycles. The van der Waals surface area contributed by atoms with Crippen LogP contribution in [0, 0.1) is 0 Å². The molecular weight excluding hydrogens is 210 g/mol. The predicted molar refractivity (Wildman–Crippen MR) is 55.4 cm³/mol. The Morgan fingerprint density at radius 3 is 2.88 bits per heavy atom. The quantitative estimate of drug-likeness (QED) is 0.708. The molecule has 0 saturated heterocycles. The van der Waals surface area contributed by atoms with Crippen LogP contribution in [-0.2, 0) is 27.4 Å². The fourth-order valence-corrected chi connectivity index (χ4v) is 1.84. The molecule has 5 heteroatoms. The number of amides is 1. The van der Waals surface area contributed by atoms with Crippen molar-refractivity contribution in [3.8, 4) is 0 Å². The Morgan fingerprint density at radius 1 is 1.50 bits per heavy atom. The SMILES string of the molecule is CON(C)C(=O)C1(C)Cc2cocc2CO1. The van der Waals surface area contributed by atoms with Gasteiger partial charge in [0.1, 0.15) is 0 Å².